The molecule has 2 atom stereocenters. The number of ether oxygens (including phenoxy) is 1. The maximum atomic E-state index is 13.9. The first-order valence-corrected chi connectivity index (χ1v) is 8.45. The lowest BCUT2D eigenvalue weighted by Gasteiger charge is -2.25. The normalized spacial score (nSPS) is 20.0. The van der Waals surface area contributed by atoms with E-state index >= 15 is 0 Å². The van der Waals surface area contributed by atoms with Crippen LogP contribution in [0.15, 0.2) is 41.1 Å². The van der Waals surface area contributed by atoms with Crippen LogP contribution in [0, 0.1) is 0 Å². The average molecular weight is 356 g/mol. The Bertz CT molecular complexity index is 871. The van der Waals surface area contributed by atoms with Gasteiger partial charge in [0.25, 0.3) is 0 Å². The van der Waals surface area contributed by atoms with E-state index in [9.17, 15) is 9.50 Å². The molecule has 0 amide bonds. The van der Waals surface area contributed by atoms with E-state index in [2.05, 4.69) is 20.4 Å². The molecule has 1 aromatic carbocycles. The van der Waals surface area contributed by atoms with Crippen molar-refractivity contribution in [3.8, 4) is 34.3 Å². The molecule has 0 saturated heterocycles. The summed E-state index contributed by atoms with van der Waals surface area (Å²) in [7, 11) is 0. The second-order valence-corrected chi connectivity index (χ2v) is 6.19. The van der Waals surface area contributed by atoms with Gasteiger partial charge in [-0.15, -0.1) is 20.4 Å². The Morgan fingerprint density at radius 2 is 1.96 bits per heavy atom. The summed E-state index contributed by atoms with van der Waals surface area (Å²) in [6, 6.07) is 8.27. The molecule has 8 heteroatoms. The van der Waals surface area contributed by atoms with Crippen molar-refractivity contribution in [2.24, 2.45) is 0 Å². The lowest BCUT2D eigenvalue weighted by molar-refractivity contribution is 0.0594. The van der Waals surface area contributed by atoms with E-state index in [-0.39, 0.29) is 11.6 Å². The van der Waals surface area contributed by atoms with Crippen LogP contribution >= 0.6 is 0 Å². The minimum absolute atomic E-state index is 0.0137. The average Bonchev–Trinajstić information content (AvgIpc) is 3.19. The summed E-state index contributed by atoms with van der Waals surface area (Å²) >= 11 is 0. The molecule has 1 aliphatic rings. The second-order valence-electron chi connectivity index (χ2n) is 6.19. The summed E-state index contributed by atoms with van der Waals surface area (Å²) in [5.41, 5.74) is 1.59. The second kappa shape index (κ2) is 7.07. The topological polar surface area (TPSA) is 94.2 Å². The van der Waals surface area contributed by atoms with E-state index in [0.29, 0.717) is 35.6 Å². The quantitative estimate of drug-likeness (QED) is 0.764. The molecule has 1 N–H and O–H groups in total. The van der Waals surface area contributed by atoms with Gasteiger partial charge >= 0.3 is 0 Å². The number of aromatic hydroxyl groups is 1. The van der Waals surface area contributed by atoms with E-state index in [1.165, 1.54) is 12.5 Å². The van der Waals surface area contributed by atoms with Crippen LogP contribution in [-0.4, -0.2) is 37.8 Å². The van der Waals surface area contributed by atoms with E-state index in [0.717, 1.165) is 12.8 Å². The highest BCUT2D eigenvalue weighted by molar-refractivity contribution is 5.71. The molecule has 1 fully saturated rings. The van der Waals surface area contributed by atoms with Gasteiger partial charge in [-0.1, -0.05) is 6.42 Å². The highest BCUT2D eigenvalue weighted by atomic mass is 19.1. The maximum Gasteiger partial charge on any atom is 0.247 e. The van der Waals surface area contributed by atoms with E-state index in [4.69, 9.17) is 9.15 Å². The monoisotopic (exact) mass is 356 g/mol. The SMILES string of the molecule is Oc1cc(-c2nnco2)ccc1-c1ccc(O[C@@H]2CCCC[C@@H]2F)nn1. The summed E-state index contributed by atoms with van der Waals surface area (Å²) in [4.78, 5) is 0. The summed E-state index contributed by atoms with van der Waals surface area (Å²) in [5.74, 6) is 0.611. The fourth-order valence-corrected chi connectivity index (χ4v) is 3.05. The molecule has 0 spiro atoms. The number of nitrogens with zero attached hydrogens (tertiary/aromatic N) is 4. The zero-order valence-corrected chi connectivity index (χ0v) is 13.9. The fourth-order valence-electron chi connectivity index (χ4n) is 3.05. The summed E-state index contributed by atoms with van der Waals surface area (Å²) in [6.07, 6.45) is 2.84. The van der Waals surface area contributed by atoms with Crippen molar-refractivity contribution in [3.05, 3.63) is 36.7 Å². The molecule has 2 heterocycles. The van der Waals surface area contributed by atoms with E-state index < -0.39 is 12.3 Å². The first-order valence-electron chi connectivity index (χ1n) is 8.45. The Morgan fingerprint density at radius 1 is 1.08 bits per heavy atom. The molecule has 4 rings (SSSR count). The molecule has 1 saturated carbocycles. The van der Waals surface area contributed by atoms with Crippen LogP contribution in [0.3, 0.4) is 0 Å². The van der Waals surface area contributed by atoms with E-state index in [1.807, 2.05) is 0 Å². The van der Waals surface area contributed by atoms with Gasteiger partial charge < -0.3 is 14.3 Å². The molecule has 0 bridgehead atoms. The van der Waals surface area contributed by atoms with Gasteiger partial charge in [0, 0.05) is 17.2 Å². The van der Waals surface area contributed by atoms with Crippen molar-refractivity contribution in [3.63, 3.8) is 0 Å². The predicted molar refractivity (Wildman–Crippen MR) is 90.2 cm³/mol. The Morgan fingerprint density at radius 3 is 2.65 bits per heavy atom. The van der Waals surface area contributed by atoms with Crippen molar-refractivity contribution in [1.82, 2.24) is 20.4 Å². The van der Waals surface area contributed by atoms with Crippen molar-refractivity contribution in [2.45, 2.75) is 38.0 Å². The van der Waals surface area contributed by atoms with Crippen LogP contribution < -0.4 is 4.74 Å². The minimum atomic E-state index is -0.966. The Hall–Kier alpha value is -3.03. The molecular formula is C18H17FN4O3. The van der Waals surface area contributed by atoms with Gasteiger partial charge in [0.15, 0.2) is 0 Å². The maximum absolute atomic E-state index is 13.9. The number of phenols is 1. The summed E-state index contributed by atoms with van der Waals surface area (Å²) < 4.78 is 24.6. The van der Waals surface area contributed by atoms with Crippen LogP contribution in [0.2, 0.25) is 0 Å². The Labute approximate surface area is 148 Å². The third-order valence-corrected chi connectivity index (χ3v) is 4.41. The zero-order valence-electron chi connectivity index (χ0n) is 13.9. The lowest BCUT2D eigenvalue weighted by atomic mass is 9.96. The minimum Gasteiger partial charge on any atom is -0.507 e. The molecule has 3 aromatic rings. The number of aromatic nitrogens is 4. The molecule has 0 unspecified atom stereocenters. The zero-order chi connectivity index (χ0) is 17.9. The molecule has 7 nitrogen and oxygen atoms in total. The van der Waals surface area contributed by atoms with Gasteiger partial charge in [-0.25, -0.2) is 4.39 Å². The number of phenolic OH excluding ortho intramolecular Hbond substituents is 1. The van der Waals surface area contributed by atoms with Gasteiger partial charge in [-0.3, -0.25) is 0 Å². The number of rotatable bonds is 4. The van der Waals surface area contributed by atoms with Crippen LogP contribution in [0.1, 0.15) is 25.7 Å². The number of halogens is 1. The van der Waals surface area contributed by atoms with Gasteiger partial charge in [0.05, 0.1) is 5.69 Å². The highest BCUT2D eigenvalue weighted by Crippen LogP contribution is 2.32. The Kier molecular flexibility index (Phi) is 4.47. The van der Waals surface area contributed by atoms with Crippen LogP contribution in [-0.2, 0) is 0 Å². The number of hydrogen-bond acceptors (Lipinski definition) is 7. The van der Waals surface area contributed by atoms with Gasteiger partial charge in [-0.2, -0.15) is 0 Å². The number of hydrogen-bond donors (Lipinski definition) is 1. The number of alkyl halides is 1. The van der Waals surface area contributed by atoms with Crippen molar-refractivity contribution < 1.29 is 18.7 Å². The molecule has 26 heavy (non-hydrogen) atoms. The van der Waals surface area contributed by atoms with Crippen LogP contribution in [0.4, 0.5) is 4.39 Å². The van der Waals surface area contributed by atoms with Gasteiger partial charge in [-0.05, 0) is 43.5 Å². The molecule has 0 aliphatic heterocycles. The lowest BCUT2D eigenvalue weighted by Crippen LogP contribution is -2.32. The van der Waals surface area contributed by atoms with Gasteiger partial charge in [0.2, 0.25) is 18.2 Å². The Balaban J connectivity index is 1.51. The number of benzene rings is 1. The standard InChI is InChI=1S/C18H17FN4O3/c19-13-3-1-2-4-16(13)26-17-8-7-14(21-22-17)12-6-5-11(9-15(12)24)18-23-20-10-25-18/h5-10,13,16,24H,1-4H2/t13-,16+/m0/s1. The third kappa shape index (κ3) is 3.35. The largest absolute Gasteiger partial charge is 0.507 e. The van der Waals surface area contributed by atoms with Crippen molar-refractivity contribution in [1.29, 1.82) is 0 Å². The molecule has 2 aromatic heterocycles. The van der Waals surface area contributed by atoms with Gasteiger partial charge in [0.1, 0.15) is 18.0 Å². The summed E-state index contributed by atoms with van der Waals surface area (Å²) in [6.45, 7) is 0. The smallest absolute Gasteiger partial charge is 0.247 e. The highest BCUT2D eigenvalue weighted by Gasteiger charge is 2.26. The first-order chi connectivity index (χ1) is 12.7. The molecule has 0 radical (unpaired) electrons. The van der Waals surface area contributed by atoms with Crippen molar-refractivity contribution in [2.75, 3.05) is 0 Å². The van der Waals surface area contributed by atoms with Crippen molar-refractivity contribution >= 4 is 0 Å². The predicted octanol–water partition coefficient (Wildman–Crippen LogP) is 3.56. The first kappa shape index (κ1) is 16.4. The molecule has 134 valence electrons. The van der Waals surface area contributed by atoms with Crippen LogP contribution in [0.5, 0.6) is 11.6 Å². The molecular weight excluding hydrogens is 339 g/mol. The van der Waals surface area contributed by atoms with Crippen LogP contribution in [0.25, 0.3) is 22.7 Å². The molecule has 1 aliphatic carbocycles. The fraction of sp³-hybridized carbons (Fsp3) is 0.333. The van der Waals surface area contributed by atoms with E-state index in [1.54, 1.807) is 24.3 Å². The summed E-state index contributed by atoms with van der Waals surface area (Å²) in [5, 5.41) is 25.8. The third-order valence-electron chi connectivity index (χ3n) is 4.41.